The van der Waals surface area contributed by atoms with Gasteiger partial charge in [-0.1, -0.05) is 6.07 Å². The van der Waals surface area contributed by atoms with Crippen LogP contribution in [-0.4, -0.2) is 20.1 Å². The van der Waals surface area contributed by atoms with E-state index in [2.05, 4.69) is 0 Å². The lowest BCUT2D eigenvalue weighted by Gasteiger charge is -2.32. The number of fused-ring (bicyclic) bond motifs is 1. The van der Waals surface area contributed by atoms with E-state index in [1.807, 2.05) is 0 Å². The van der Waals surface area contributed by atoms with Gasteiger partial charge in [0.1, 0.15) is 10.8 Å². The second kappa shape index (κ2) is 4.54. The third-order valence-electron chi connectivity index (χ3n) is 3.65. The molecule has 0 atom stereocenters. The maximum atomic E-state index is 13.1. The number of benzene rings is 1. The van der Waals surface area contributed by atoms with Gasteiger partial charge in [-0.3, -0.25) is 4.79 Å². The highest BCUT2D eigenvalue weighted by molar-refractivity contribution is 7.96. The third-order valence-corrected chi connectivity index (χ3v) is 5.85. The summed E-state index contributed by atoms with van der Waals surface area (Å²) in [7, 11) is -4.51. The van der Waals surface area contributed by atoms with Crippen molar-refractivity contribution in [3.63, 3.8) is 0 Å². The van der Waals surface area contributed by atoms with Crippen molar-refractivity contribution in [2.24, 2.45) is 5.41 Å². The van der Waals surface area contributed by atoms with Crippen LogP contribution in [0.1, 0.15) is 35.3 Å². The van der Waals surface area contributed by atoms with E-state index < -0.39 is 48.1 Å². The van der Waals surface area contributed by atoms with Crippen LogP contribution in [-0.2, 0) is 20.8 Å². The fraction of sp³-hybridized carbons (Fsp3) is 0.357. The van der Waals surface area contributed by atoms with Crippen LogP contribution in [0.3, 0.4) is 0 Å². The summed E-state index contributed by atoms with van der Waals surface area (Å²) in [5, 5.41) is 0. The van der Waals surface area contributed by atoms with E-state index in [0.717, 1.165) is 19.9 Å². The van der Waals surface area contributed by atoms with E-state index >= 15 is 0 Å². The van der Waals surface area contributed by atoms with Crippen LogP contribution >= 0.6 is 0 Å². The number of allylic oxidation sites excluding steroid dienone is 1. The number of hydrogen-bond donors (Lipinski definition) is 0. The fourth-order valence-corrected chi connectivity index (χ4v) is 4.57. The second-order valence-electron chi connectivity index (χ2n) is 5.52. The molecule has 0 aliphatic carbocycles. The lowest BCUT2D eigenvalue weighted by molar-refractivity contribution is -0.138. The molecule has 2 rings (SSSR count). The first-order chi connectivity index (χ1) is 9.86. The van der Waals surface area contributed by atoms with Gasteiger partial charge in [-0.25, -0.2) is 13.2 Å². The summed E-state index contributed by atoms with van der Waals surface area (Å²) >= 11 is 0. The number of alkyl halides is 3. The molecule has 0 aromatic heterocycles. The zero-order valence-electron chi connectivity index (χ0n) is 11.8. The Labute approximate surface area is 124 Å². The maximum absolute atomic E-state index is 13.1. The molecule has 0 saturated heterocycles. The first kappa shape index (κ1) is 16.5. The Morgan fingerprint density at radius 3 is 2.18 bits per heavy atom. The summed E-state index contributed by atoms with van der Waals surface area (Å²) in [5.74, 6) is 0.155. The van der Waals surface area contributed by atoms with Crippen LogP contribution in [0.4, 0.5) is 13.2 Å². The van der Waals surface area contributed by atoms with Gasteiger partial charge in [0.2, 0.25) is 9.84 Å². The smallest absolute Gasteiger partial charge is 0.293 e. The van der Waals surface area contributed by atoms with Crippen molar-refractivity contribution in [1.82, 2.24) is 0 Å². The Balaban J connectivity index is 3.10. The van der Waals surface area contributed by atoms with E-state index in [-0.39, 0.29) is 5.56 Å². The van der Waals surface area contributed by atoms with Crippen LogP contribution in [0, 0.1) is 12.3 Å². The molecule has 4 nitrogen and oxygen atoms in total. The van der Waals surface area contributed by atoms with Crippen LogP contribution < -0.4 is 0 Å². The van der Waals surface area contributed by atoms with Crippen molar-refractivity contribution in [2.75, 3.05) is 0 Å². The maximum Gasteiger partial charge on any atom is 0.417 e. The number of sulfone groups is 1. The van der Waals surface area contributed by atoms with Gasteiger partial charge in [-0.2, -0.15) is 13.2 Å². The van der Waals surface area contributed by atoms with Gasteiger partial charge in [-0.15, -0.1) is 0 Å². The van der Waals surface area contributed by atoms with Crippen LogP contribution in [0.25, 0.3) is 0 Å². The van der Waals surface area contributed by atoms with Crippen molar-refractivity contribution in [1.29, 1.82) is 0 Å². The van der Waals surface area contributed by atoms with E-state index in [4.69, 9.17) is 0 Å². The second-order valence-corrected chi connectivity index (χ2v) is 7.34. The molecular formula is C14H11F3O4S. The quantitative estimate of drug-likeness (QED) is 0.685. The molecule has 1 aromatic carbocycles. The molecule has 8 heteroatoms. The molecule has 0 bridgehead atoms. The van der Waals surface area contributed by atoms with Gasteiger partial charge in [-0.05, 0) is 32.4 Å². The van der Waals surface area contributed by atoms with Crippen molar-refractivity contribution in [3.05, 3.63) is 33.7 Å². The number of rotatable bonds is 0. The number of Topliss-reactive ketones (excluding diaryl/α,β-unsaturated/α-hetero) is 1. The Morgan fingerprint density at radius 2 is 1.73 bits per heavy atom. The highest BCUT2D eigenvalue weighted by Gasteiger charge is 2.52. The molecule has 0 amide bonds. The number of carbonyl (C=O) groups excluding carboxylic acids is 2. The standard InChI is InChI=1S/C14H11F3O4S/c1-7-4-5-8(14(15,16)17)10-11(7)22(20,21)9(6-18)13(2,3)12(10)19/h4-5H,1-3H3. The summed E-state index contributed by atoms with van der Waals surface area (Å²) in [6, 6.07) is 1.64. The molecule has 0 radical (unpaired) electrons. The summed E-state index contributed by atoms with van der Waals surface area (Å²) < 4.78 is 64.4. The zero-order chi connectivity index (χ0) is 17.1. The predicted octanol–water partition coefficient (Wildman–Crippen LogP) is 2.73. The minimum Gasteiger partial charge on any atom is -0.293 e. The molecule has 0 spiro atoms. The van der Waals surface area contributed by atoms with E-state index in [0.29, 0.717) is 6.07 Å². The molecule has 0 saturated carbocycles. The van der Waals surface area contributed by atoms with Gasteiger partial charge in [0.25, 0.3) is 0 Å². The van der Waals surface area contributed by atoms with Crippen LogP contribution in [0.2, 0.25) is 0 Å². The van der Waals surface area contributed by atoms with Crippen molar-refractivity contribution in [2.45, 2.75) is 31.8 Å². The molecule has 1 aliphatic rings. The Hall–Kier alpha value is -1.92. The number of carbonyl (C=O) groups is 1. The number of halogens is 3. The van der Waals surface area contributed by atoms with Crippen molar-refractivity contribution in [3.8, 4) is 0 Å². The Morgan fingerprint density at radius 1 is 1.18 bits per heavy atom. The number of aryl methyl sites for hydroxylation is 1. The average Bonchev–Trinajstić information content (AvgIpc) is 2.34. The average molecular weight is 332 g/mol. The lowest BCUT2D eigenvalue weighted by atomic mass is 9.81. The molecule has 0 fully saturated rings. The monoisotopic (exact) mass is 332 g/mol. The van der Waals surface area contributed by atoms with Gasteiger partial charge in [0, 0.05) is 0 Å². The molecule has 0 unspecified atom stereocenters. The highest BCUT2D eigenvalue weighted by atomic mass is 32.2. The number of ketones is 1. The highest BCUT2D eigenvalue weighted by Crippen LogP contribution is 2.47. The van der Waals surface area contributed by atoms with Gasteiger partial charge in [0.05, 0.1) is 21.4 Å². The Bertz CT molecular complexity index is 842. The Kier molecular flexibility index (Phi) is 3.39. The molecule has 1 heterocycles. The minimum absolute atomic E-state index is 0.0281. The molecule has 22 heavy (non-hydrogen) atoms. The van der Waals surface area contributed by atoms with Crippen molar-refractivity contribution < 1.29 is 31.2 Å². The minimum atomic E-state index is -4.89. The largest absolute Gasteiger partial charge is 0.417 e. The van der Waals surface area contributed by atoms with Gasteiger partial charge < -0.3 is 0 Å². The molecule has 1 aliphatic heterocycles. The topological polar surface area (TPSA) is 68.3 Å². The first-order valence-electron chi connectivity index (χ1n) is 6.13. The van der Waals surface area contributed by atoms with Crippen LogP contribution in [0.5, 0.6) is 0 Å². The van der Waals surface area contributed by atoms with E-state index in [1.54, 1.807) is 0 Å². The lowest BCUT2D eigenvalue weighted by Crippen LogP contribution is -2.39. The van der Waals surface area contributed by atoms with E-state index in [9.17, 15) is 31.2 Å². The normalized spacial score (nSPS) is 19.5. The molecular weight excluding hydrogens is 321 g/mol. The van der Waals surface area contributed by atoms with Crippen molar-refractivity contribution >= 4 is 21.6 Å². The summed E-state index contributed by atoms with van der Waals surface area (Å²) in [6.45, 7) is 3.46. The summed E-state index contributed by atoms with van der Waals surface area (Å²) in [4.78, 5) is 21.9. The van der Waals surface area contributed by atoms with E-state index in [1.165, 1.54) is 12.9 Å². The zero-order valence-corrected chi connectivity index (χ0v) is 12.6. The SMILES string of the molecule is Cc1ccc(C(F)(F)F)c2c1S(=O)(=O)C(=C=O)C(C)(C)C2=O. The molecule has 118 valence electrons. The summed E-state index contributed by atoms with van der Waals surface area (Å²) in [6.07, 6.45) is -4.89. The predicted molar refractivity (Wildman–Crippen MR) is 70.7 cm³/mol. The fourth-order valence-electron chi connectivity index (χ4n) is 2.53. The van der Waals surface area contributed by atoms with Crippen LogP contribution in [0.15, 0.2) is 21.9 Å². The molecule has 1 aromatic rings. The number of hydrogen-bond acceptors (Lipinski definition) is 4. The van der Waals surface area contributed by atoms with Gasteiger partial charge in [0.15, 0.2) is 5.78 Å². The van der Waals surface area contributed by atoms with Gasteiger partial charge >= 0.3 is 6.18 Å². The molecule has 0 N–H and O–H groups in total. The third kappa shape index (κ3) is 2.02. The first-order valence-corrected chi connectivity index (χ1v) is 7.61. The summed E-state index contributed by atoms with van der Waals surface area (Å²) in [5.41, 5.74) is -4.16.